The standard InChI is InChI=1S/C23H22N6O2/c1-15-22(30)29(17-6-3-2-4-7-17)27-21(26-15)23(31)28-12-9-16(10-13-28)19-14-25-20-18(19)8-5-11-24-20/h2-9,11,14-15H,10,12-13H2,1H3,(H,24,25)(H,26,27)/t15-/m1/s1. The van der Waals surface area contributed by atoms with E-state index < -0.39 is 6.04 Å². The Balaban J connectivity index is 1.34. The Morgan fingerprint density at radius 1 is 1.16 bits per heavy atom. The molecule has 0 bridgehead atoms. The number of aromatic amines is 1. The van der Waals surface area contributed by atoms with Crippen LogP contribution in [0.5, 0.6) is 0 Å². The van der Waals surface area contributed by atoms with Crippen molar-refractivity contribution in [1.82, 2.24) is 20.3 Å². The van der Waals surface area contributed by atoms with E-state index >= 15 is 0 Å². The normalized spacial score (nSPS) is 19.1. The first kappa shape index (κ1) is 19.0. The van der Waals surface area contributed by atoms with Crippen molar-refractivity contribution in [2.24, 2.45) is 4.99 Å². The number of benzene rings is 1. The lowest BCUT2D eigenvalue weighted by Gasteiger charge is -2.33. The zero-order valence-corrected chi connectivity index (χ0v) is 17.1. The van der Waals surface area contributed by atoms with Crippen LogP contribution < -0.4 is 10.4 Å². The van der Waals surface area contributed by atoms with Crippen LogP contribution in [0, 0.1) is 0 Å². The number of carbonyl (C=O) groups excluding carboxylic acids is 2. The van der Waals surface area contributed by atoms with Gasteiger partial charge in [0.1, 0.15) is 11.7 Å². The average Bonchev–Trinajstić information content (AvgIpc) is 3.25. The minimum absolute atomic E-state index is 0.184. The molecule has 0 unspecified atom stereocenters. The molecule has 156 valence electrons. The average molecular weight is 414 g/mol. The molecule has 0 saturated carbocycles. The largest absolute Gasteiger partial charge is 0.346 e. The van der Waals surface area contributed by atoms with Crippen molar-refractivity contribution in [2.45, 2.75) is 19.4 Å². The molecule has 2 N–H and O–H groups in total. The number of aliphatic imine (C=N–C) groups is 1. The molecule has 2 amide bonds. The Labute approximate surface area is 179 Å². The number of nitrogens with zero attached hydrogens (tertiary/aromatic N) is 4. The van der Waals surface area contributed by atoms with Crippen LogP contribution in [0.3, 0.4) is 0 Å². The van der Waals surface area contributed by atoms with Crippen molar-refractivity contribution in [2.75, 3.05) is 18.1 Å². The predicted molar refractivity (Wildman–Crippen MR) is 119 cm³/mol. The van der Waals surface area contributed by atoms with Gasteiger partial charge in [-0.15, -0.1) is 0 Å². The molecule has 1 aromatic carbocycles. The molecule has 2 aromatic heterocycles. The molecule has 0 fully saturated rings. The van der Waals surface area contributed by atoms with Gasteiger partial charge in [0.15, 0.2) is 0 Å². The van der Waals surface area contributed by atoms with Crippen molar-refractivity contribution >= 4 is 39.9 Å². The number of para-hydroxylation sites is 1. The third-order valence-corrected chi connectivity index (χ3v) is 5.63. The SMILES string of the molecule is C[C@H]1N=C(C(=O)N2CC=C(c3c[nH]c4ncccc34)CC2)NN(c2ccccc2)C1=O. The van der Waals surface area contributed by atoms with E-state index in [9.17, 15) is 9.59 Å². The molecule has 0 radical (unpaired) electrons. The maximum atomic E-state index is 13.1. The van der Waals surface area contributed by atoms with Gasteiger partial charge < -0.3 is 9.88 Å². The Bertz CT molecular complexity index is 1210. The molecule has 1 atom stereocenters. The van der Waals surface area contributed by atoms with Gasteiger partial charge >= 0.3 is 0 Å². The van der Waals surface area contributed by atoms with Crippen LogP contribution in [0.15, 0.2) is 65.9 Å². The maximum Gasteiger partial charge on any atom is 0.291 e. The number of H-pyrrole nitrogens is 1. The highest BCUT2D eigenvalue weighted by molar-refractivity contribution is 6.39. The van der Waals surface area contributed by atoms with Gasteiger partial charge in [0.05, 0.1) is 5.69 Å². The molecule has 2 aliphatic rings. The molecular formula is C23H22N6O2. The zero-order valence-electron chi connectivity index (χ0n) is 17.1. The number of pyridine rings is 1. The lowest BCUT2D eigenvalue weighted by molar-refractivity contribution is -0.124. The molecule has 31 heavy (non-hydrogen) atoms. The first-order valence-electron chi connectivity index (χ1n) is 10.3. The van der Waals surface area contributed by atoms with Crippen LogP contribution in [0.4, 0.5) is 5.69 Å². The predicted octanol–water partition coefficient (Wildman–Crippen LogP) is 2.52. The van der Waals surface area contributed by atoms with Crippen LogP contribution in [-0.4, -0.2) is 51.6 Å². The molecule has 0 aliphatic carbocycles. The number of hydrogen-bond donors (Lipinski definition) is 2. The molecule has 2 aliphatic heterocycles. The lowest BCUT2D eigenvalue weighted by atomic mass is 9.99. The molecule has 8 heteroatoms. The summed E-state index contributed by atoms with van der Waals surface area (Å²) < 4.78 is 0. The Morgan fingerprint density at radius 3 is 2.77 bits per heavy atom. The summed E-state index contributed by atoms with van der Waals surface area (Å²) in [6, 6.07) is 12.5. The van der Waals surface area contributed by atoms with E-state index in [4.69, 9.17) is 0 Å². The Hall–Kier alpha value is -3.94. The van der Waals surface area contributed by atoms with E-state index in [-0.39, 0.29) is 17.6 Å². The summed E-state index contributed by atoms with van der Waals surface area (Å²) >= 11 is 0. The van der Waals surface area contributed by atoms with Crippen molar-refractivity contribution in [3.63, 3.8) is 0 Å². The molecule has 3 aromatic rings. The summed E-state index contributed by atoms with van der Waals surface area (Å²) in [6.07, 6.45) is 6.54. The number of amides is 2. The van der Waals surface area contributed by atoms with E-state index in [0.717, 1.165) is 23.0 Å². The Morgan fingerprint density at radius 2 is 2.00 bits per heavy atom. The number of anilines is 1. The van der Waals surface area contributed by atoms with Crippen LogP contribution in [-0.2, 0) is 9.59 Å². The number of aromatic nitrogens is 2. The minimum Gasteiger partial charge on any atom is -0.346 e. The van der Waals surface area contributed by atoms with Gasteiger partial charge in [0.25, 0.3) is 11.8 Å². The van der Waals surface area contributed by atoms with Gasteiger partial charge in [-0.2, -0.15) is 0 Å². The number of nitrogens with one attached hydrogen (secondary N) is 2. The van der Waals surface area contributed by atoms with E-state index in [2.05, 4.69) is 26.5 Å². The quantitative estimate of drug-likeness (QED) is 0.689. The fourth-order valence-corrected chi connectivity index (χ4v) is 3.97. The number of amidine groups is 1. The first-order valence-corrected chi connectivity index (χ1v) is 10.3. The van der Waals surface area contributed by atoms with Crippen molar-refractivity contribution < 1.29 is 9.59 Å². The first-order chi connectivity index (χ1) is 15.1. The van der Waals surface area contributed by atoms with Crippen LogP contribution in [0.1, 0.15) is 18.9 Å². The number of hydrazine groups is 1. The second-order valence-electron chi connectivity index (χ2n) is 7.61. The molecule has 5 rings (SSSR count). The van der Waals surface area contributed by atoms with E-state index in [1.165, 1.54) is 10.6 Å². The van der Waals surface area contributed by atoms with Crippen LogP contribution >= 0.6 is 0 Å². The summed E-state index contributed by atoms with van der Waals surface area (Å²) in [7, 11) is 0. The number of rotatable bonds is 3. The molecule has 4 heterocycles. The highest BCUT2D eigenvalue weighted by atomic mass is 16.2. The third-order valence-electron chi connectivity index (χ3n) is 5.63. The van der Waals surface area contributed by atoms with E-state index in [0.29, 0.717) is 18.8 Å². The smallest absolute Gasteiger partial charge is 0.291 e. The van der Waals surface area contributed by atoms with Crippen LogP contribution in [0.2, 0.25) is 0 Å². The fourth-order valence-electron chi connectivity index (χ4n) is 3.97. The molecule has 8 nitrogen and oxygen atoms in total. The van der Waals surface area contributed by atoms with Gasteiger partial charge in [-0.3, -0.25) is 15.0 Å². The summed E-state index contributed by atoms with van der Waals surface area (Å²) in [5, 5.41) is 2.48. The minimum atomic E-state index is -0.630. The van der Waals surface area contributed by atoms with Crippen molar-refractivity contribution in [3.8, 4) is 0 Å². The summed E-state index contributed by atoms with van der Waals surface area (Å²) in [5.74, 6) is -0.225. The summed E-state index contributed by atoms with van der Waals surface area (Å²) in [5.41, 5.74) is 6.77. The summed E-state index contributed by atoms with van der Waals surface area (Å²) in [4.78, 5) is 39.3. The van der Waals surface area contributed by atoms with Crippen molar-refractivity contribution in [3.05, 3.63) is 66.5 Å². The topological polar surface area (TPSA) is 93.7 Å². The van der Waals surface area contributed by atoms with Gasteiger partial charge in [-0.05, 0) is 43.2 Å². The van der Waals surface area contributed by atoms with Crippen LogP contribution in [0.25, 0.3) is 16.6 Å². The molecule has 0 saturated heterocycles. The second-order valence-corrected chi connectivity index (χ2v) is 7.61. The van der Waals surface area contributed by atoms with Gasteiger partial charge in [-0.1, -0.05) is 24.3 Å². The number of fused-ring (bicyclic) bond motifs is 1. The number of carbonyl (C=O) groups is 2. The third kappa shape index (κ3) is 3.46. The molecule has 0 spiro atoms. The Kier molecular flexibility index (Phi) is 4.74. The highest BCUT2D eigenvalue weighted by Crippen LogP contribution is 2.28. The lowest BCUT2D eigenvalue weighted by Crippen LogP contribution is -2.58. The monoisotopic (exact) mass is 414 g/mol. The molecular weight excluding hydrogens is 392 g/mol. The van der Waals surface area contributed by atoms with Gasteiger partial charge in [0, 0.05) is 36.4 Å². The van der Waals surface area contributed by atoms with Gasteiger partial charge in [-0.25, -0.2) is 15.0 Å². The fraction of sp³-hybridized carbons (Fsp3) is 0.217. The van der Waals surface area contributed by atoms with Gasteiger partial charge in [0.2, 0.25) is 5.84 Å². The zero-order chi connectivity index (χ0) is 21.4. The number of hydrogen-bond acceptors (Lipinski definition) is 5. The second kappa shape index (κ2) is 7.71. The highest BCUT2D eigenvalue weighted by Gasteiger charge is 2.33. The summed E-state index contributed by atoms with van der Waals surface area (Å²) in [6.45, 7) is 2.76. The van der Waals surface area contributed by atoms with E-state index in [1.807, 2.05) is 48.7 Å². The maximum absolute atomic E-state index is 13.1. The van der Waals surface area contributed by atoms with E-state index in [1.54, 1.807) is 18.0 Å². The van der Waals surface area contributed by atoms with Crippen molar-refractivity contribution in [1.29, 1.82) is 0 Å².